The summed E-state index contributed by atoms with van der Waals surface area (Å²) in [4.78, 5) is 44.2. The molecule has 0 spiro atoms. The van der Waals surface area contributed by atoms with Crippen LogP contribution < -0.4 is 5.32 Å². The van der Waals surface area contributed by atoms with Crippen molar-refractivity contribution in [1.82, 2.24) is 19.8 Å². The Morgan fingerprint density at radius 1 is 0.946 bits per heavy atom. The van der Waals surface area contributed by atoms with Gasteiger partial charge in [-0.3, -0.25) is 9.59 Å². The van der Waals surface area contributed by atoms with Gasteiger partial charge in [-0.05, 0) is 63.1 Å². The molecule has 0 unspecified atom stereocenters. The lowest BCUT2D eigenvalue weighted by atomic mass is 9.97. The van der Waals surface area contributed by atoms with Gasteiger partial charge in [0.2, 0.25) is 0 Å². The number of piperidine rings is 1. The van der Waals surface area contributed by atoms with Crippen LogP contribution in [0.15, 0.2) is 67.1 Å². The van der Waals surface area contributed by atoms with Crippen molar-refractivity contribution in [3.8, 4) is 0 Å². The molecule has 3 aromatic rings. The first-order valence-corrected chi connectivity index (χ1v) is 12.9. The number of rotatable bonds is 8. The summed E-state index contributed by atoms with van der Waals surface area (Å²) in [6, 6.07) is 17.6. The summed E-state index contributed by atoms with van der Waals surface area (Å²) < 4.78 is 1.92. The smallest absolute Gasteiger partial charge is 0.317 e. The summed E-state index contributed by atoms with van der Waals surface area (Å²) in [5, 5.41) is 3.02. The maximum absolute atomic E-state index is 12.8. The first-order chi connectivity index (χ1) is 17.7. The average Bonchev–Trinajstić information content (AvgIpc) is 3.33. The lowest BCUT2D eigenvalue weighted by Crippen LogP contribution is -2.50. The van der Waals surface area contributed by atoms with Crippen LogP contribution in [-0.2, 0) is 13.0 Å². The van der Waals surface area contributed by atoms with Crippen molar-refractivity contribution in [1.29, 1.82) is 0 Å². The Kier molecular flexibility index (Phi) is 8.21. The fourth-order valence-electron chi connectivity index (χ4n) is 4.65. The van der Waals surface area contributed by atoms with Crippen LogP contribution in [0.4, 0.5) is 4.79 Å². The van der Waals surface area contributed by atoms with Gasteiger partial charge in [-0.15, -0.1) is 0 Å². The van der Waals surface area contributed by atoms with Gasteiger partial charge >= 0.3 is 6.03 Å². The van der Waals surface area contributed by atoms with Crippen LogP contribution in [0, 0.1) is 5.92 Å². The number of amides is 2. The maximum atomic E-state index is 12.8. The van der Waals surface area contributed by atoms with Crippen LogP contribution in [0.3, 0.4) is 0 Å². The Labute approximate surface area is 218 Å². The third-order valence-electron chi connectivity index (χ3n) is 6.59. The van der Waals surface area contributed by atoms with Crippen molar-refractivity contribution >= 4 is 17.6 Å². The van der Waals surface area contributed by atoms with E-state index in [2.05, 4.69) is 22.4 Å². The largest absolute Gasteiger partial charge is 0.336 e. The van der Waals surface area contributed by atoms with E-state index in [4.69, 9.17) is 0 Å². The molecule has 1 fully saturated rings. The number of imidazole rings is 1. The summed E-state index contributed by atoms with van der Waals surface area (Å²) >= 11 is 0. The Balaban J connectivity index is 1.28. The topological polar surface area (TPSA) is 84.3 Å². The number of urea groups is 1. The van der Waals surface area contributed by atoms with E-state index in [1.54, 1.807) is 18.6 Å². The standard InChI is InChI=1S/C30H36N4O3/c1-30(2,3)32-29(37)34-14-12-23(13-15-34)19-33-20-26(31-21-33)28(36)18-27(35)25-11-7-10-24(17-25)16-22-8-5-4-6-9-22/h4-11,17,20-21,23H,12-16,18-19H2,1-3H3,(H,32,37). The molecule has 4 rings (SSSR count). The number of likely N-dealkylation sites (tertiary alicyclic amines) is 1. The molecule has 2 aromatic carbocycles. The van der Waals surface area contributed by atoms with E-state index in [0.717, 1.165) is 31.4 Å². The number of Topliss-reactive ketones (excluding diaryl/α,β-unsaturated/α-hetero) is 2. The van der Waals surface area contributed by atoms with Gasteiger partial charge in [-0.1, -0.05) is 48.5 Å². The Morgan fingerprint density at radius 2 is 1.65 bits per heavy atom. The van der Waals surface area contributed by atoms with Crippen LogP contribution in [0.25, 0.3) is 0 Å². The van der Waals surface area contributed by atoms with Gasteiger partial charge in [-0.25, -0.2) is 9.78 Å². The summed E-state index contributed by atoms with van der Waals surface area (Å²) in [7, 11) is 0. The van der Waals surface area contributed by atoms with Gasteiger partial charge in [0.05, 0.1) is 12.7 Å². The van der Waals surface area contributed by atoms with E-state index in [0.29, 0.717) is 30.3 Å². The number of nitrogens with one attached hydrogen (secondary N) is 1. The highest BCUT2D eigenvalue weighted by atomic mass is 16.2. The number of hydrogen-bond acceptors (Lipinski definition) is 4. The lowest BCUT2D eigenvalue weighted by Gasteiger charge is -2.34. The Hall–Kier alpha value is -3.74. The van der Waals surface area contributed by atoms with E-state index in [-0.39, 0.29) is 29.6 Å². The fourth-order valence-corrected chi connectivity index (χ4v) is 4.65. The van der Waals surface area contributed by atoms with Crippen LogP contribution in [0.5, 0.6) is 0 Å². The van der Waals surface area contributed by atoms with Crippen molar-refractivity contribution in [2.75, 3.05) is 13.1 Å². The number of ketones is 2. The summed E-state index contributed by atoms with van der Waals surface area (Å²) in [6.45, 7) is 8.10. The molecule has 7 heteroatoms. The van der Waals surface area contributed by atoms with Gasteiger partial charge in [0.1, 0.15) is 5.69 Å². The zero-order valence-corrected chi connectivity index (χ0v) is 21.9. The monoisotopic (exact) mass is 500 g/mol. The zero-order chi connectivity index (χ0) is 26.4. The van der Waals surface area contributed by atoms with Crippen molar-refractivity contribution in [2.45, 2.75) is 58.5 Å². The molecular weight excluding hydrogens is 464 g/mol. The Morgan fingerprint density at radius 3 is 2.35 bits per heavy atom. The summed E-state index contributed by atoms with van der Waals surface area (Å²) in [5.41, 5.74) is 2.82. The maximum Gasteiger partial charge on any atom is 0.317 e. The van der Waals surface area contributed by atoms with E-state index >= 15 is 0 Å². The fraction of sp³-hybridized carbons (Fsp3) is 0.400. The van der Waals surface area contributed by atoms with Gasteiger partial charge in [0.15, 0.2) is 11.6 Å². The molecule has 1 aliphatic heterocycles. The van der Waals surface area contributed by atoms with Crippen molar-refractivity contribution in [3.05, 3.63) is 89.5 Å². The minimum absolute atomic E-state index is 0.0169. The molecule has 0 aliphatic carbocycles. The van der Waals surface area contributed by atoms with Gasteiger partial charge in [-0.2, -0.15) is 0 Å². The number of hydrogen-bond donors (Lipinski definition) is 1. The SMILES string of the molecule is CC(C)(C)NC(=O)N1CCC(Cn2cnc(C(=O)CC(=O)c3cccc(Cc4ccccc4)c3)c2)CC1. The molecule has 7 nitrogen and oxygen atoms in total. The number of aromatic nitrogens is 2. The van der Waals surface area contributed by atoms with Gasteiger partial charge in [0, 0.05) is 36.9 Å². The zero-order valence-electron chi connectivity index (χ0n) is 21.9. The molecule has 1 aromatic heterocycles. The molecule has 0 atom stereocenters. The number of carbonyl (C=O) groups excluding carboxylic acids is 3. The highest BCUT2D eigenvalue weighted by molar-refractivity contribution is 6.12. The second-order valence-corrected chi connectivity index (χ2v) is 11.0. The molecule has 1 saturated heterocycles. The predicted molar refractivity (Wildman–Crippen MR) is 144 cm³/mol. The lowest BCUT2D eigenvalue weighted by molar-refractivity contribution is 0.0891. The second-order valence-electron chi connectivity index (χ2n) is 11.0. The van der Waals surface area contributed by atoms with E-state index in [1.807, 2.05) is 66.6 Å². The van der Waals surface area contributed by atoms with E-state index in [1.165, 1.54) is 5.56 Å². The highest BCUT2D eigenvalue weighted by Crippen LogP contribution is 2.20. The quantitative estimate of drug-likeness (QED) is 0.342. The molecule has 37 heavy (non-hydrogen) atoms. The molecule has 2 amide bonds. The van der Waals surface area contributed by atoms with Crippen LogP contribution in [0.2, 0.25) is 0 Å². The van der Waals surface area contributed by atoms with E-state index < -0.39 is 0 Å². The highest BCUT2D eigenvalue weighted by Gasteiger charge is 2.25. The normalized spacial score (nSPS) is 14.4. The molecule has 2 heterocycles. The molecular formula is C30H36N4O3. The molecule has 0 radical (unpaired) electrons. The number of benzene rings is 2. The average molecular weight is 501 g/mol. The molecule has 0 saturated carbocycles. The molecule has 0 bridgehead atoms. The first-order valence-electron chi connectivity index (χ1n) is 12.9. The van der Waals surface area contributed by atoms with Crippen molar-refractivity contribution in [3.63, 3.8) is 0 Å². The predicted octanol–water partition coefficient (Wildman–Crippen LogP) is 5.15. The van der Waals surface area contributed by atoms with E-state index in [9.17, 15) is 14.4 Å². The third-order valence-corrected chi connectivity index (χ3v) is 6.59. The summed E-state index contributed by atoms with van der Waals surface area (Å²) in [6.07, 6.45) is 5.73. The minimum Gasteiger partial charge on any atom is -0.336 e. The van der Waals surface area contributed by atoms with Gasteiger partial charge in [0.25, 0.3) is 0 Å². The molecule has 1 aliphatic rings. The Bertz CT molecular complexity index is 1230. The first kappa shape index (κ1) is 26.3. The summed E-state index contributed by atoms with van der Waals surface area (Å²) in [5.74, 6) is -0.0638. The van der Waals surface area contributed by atoms with Crippen molar-refractivity contribution in [2.24, 2.45) is 5.92 Å². The van der Waals surface area contributed by atoms with Crippen LogP contribution >= 0.6 is 0 Å². The second kappa shape index (κ2) is 11.5. The van der Waals surface area contributed by atoms with Crippen LogP contribution in [-0.4, -0.2) is 50.7 Å². The van der Waals surface area contributed by atoms with Crippen molar-refractivity contribution < 1.29 is 14.4 Å². The molecule has 1 N–H and O–H groups in total. The number of nitrogens with zero attached hydrogens (tertiary/aromatic N) is 3. The van der Waals surface area contributed by atoms with Gasteiger partial charge < -0.3 is 14.8 Å². The minimum atomic E-state index is -0.272. The molecule has 194 valence electrons. The number of carbonyl (C=O) groups is 3. The van der Waals surface area contributed by atoms with Crippen LogP contribution in [0.1, 0.15) is 72.0 Å². The third kappa shape index (κ3) is 7.62.